The minimum Gasteiger partial charge on any atom is -0.246 e. The molecule has 0 bridgehead atoms. The van der Waals surface area contributed by atoms with Crippen LogP contribution in [0, 0.1) is 0 Å². The molecule has 4 aromatic rings. The number of aromatic nitrogens is 6. The second-order valence-corrected chi connectivity index (χ2v) is 8.04. The highest BCUT2D eigenvalue weighted by atomic mass is 16.6. The molecule has 0 saturated heterocycles. The molecule has 0 N–H and O–H groups in total. The molecule has 0 aliphatic rings. The Labute approximate surface area is 137 Å². The fourth-order valence-electron chi connectivity index (χ4n) is 2.81. The minimum absolute atomic E-state index is 0.239. The molecular weight excluding hydrogens is 308 g/mol. The van der Waals surface area contributed by atoms with Gasteiger partial charge in [-0.15, -0.1) is 0 Å². The largest absolute Gasteiger partial charge is 0.246 e. The lowest BCUT2D eigenvalue weighted by Crippen LogP contribution is -2.17. The Balaban J connectivity index is 2.27. The summed E-state index contributed by atoms with van der Waals surface area (Å²) in [5.74, 6) is 0. The van der Waals surface area contributed by atoms with Crippen LogP contribution in [0.4, 0.5) is 0 Å². The molecule has 4 aromatic heterocycles. The van der Waals surface area contributed by atoms with Crippen molar-refractivity contribution < 1.29 is 9.26 Å². The molecule has 8 heteroatoms. The van der Waals surface area contributed by atoms with Crippen molar-refractivity contribution in [2.75, 3.05) is 0 Å². The zero-order chi connectivity index (χ0) is 17.3. The Hall–Kier alpha value is -2.64. The quantitative estimate of drug-likeness (QED) is 0.485. The van der Waals surface area contributed by atoms with Crippen molar-refractivity contribution in [3.05, 3.63) is 11.4 Å². The summed E-state index contributed by atoms with van der Waals surface area (Å²) >= 11 is 0. The fraction of sp³-hybridized carbons (Fsp3) is 0.500. The van der Waals surface area contributed by atoms with Crippen molar-refractivity contribution in [1.29, 1.82) is 0 Å². The van der Waals surface area contributed by atoms with E-state index in [1.54, 1.807) is 0 Å². The van der Waals surface area contributed by atoms with E-state index < -0.39 is 0 Å². The van der Waals surface area contributed by atoms with Gasteiger partial charge in [0.15, 0.2) is 22.1 Å². The van der Waals surface area contributed by atoms with Crippen LogP contribution >= 0.6 is 0 Å². The Morgan fingerprint density at radius 3 is 1.17 bits per heavy atom. The number of nitrogens with zero attached hydrogens (tertiary/aromatic N) is 6. The summed E-state index contributed by atoms with van der Waals surface area (Å²) in [6.45, 7) is 12.4. The molecule has 0 aliphatic carbocycles. The highest BCUT2D eigenvalue weighted by molar-refractivity contribution is 6.09. The van der Waals surface area contributed by atoms with Crippen LogP contribution in [0.15, 0.2) is 9.26 Å². The van der Waals surface area contributed by atoms with Gasteiger partial charge in [-0.05, 0) is 20.6 Å². The predicted octanol–water partition coefficient (Wildman–Crippen LogP) is 3.30. The molecule has 4 heterocycles. The third-order valence-electron chi connectivity index (χ3n) is 3.97. The van der Waals surface area contributed by atoms with Crippen LogP contribution in [0.5, 0.6) is 0 Å². The number of rotatable bonds is 0. The van der Waals surface area contributed by atoms with Crippen molar-refractivity contribution >= 4 is 33.1 Å². The van der Waals surface area contributed by atoms with E-state index in [0.29, 0.717) is 33.1 Å². The average molecular weight is 326 g/mol. The first-order valence-corrected chi connectivity index (χ1v) is 7.77. The maximum absolute atomic E-state index is 4.99. The van der Waals surface area contributed by atoms with Crippen LogP contribution in [-0.4, -0.2) is 30.6 Å². The maximum atomic E-state index is 4.99. The number of hydrogen-bond donors (Lipinski definition) is 0. The van der Waals surface area contributed by atoms with E-state index in [9.17, 15) is 0 Å². The third kappa shape index (κ3) is 1.98. The lowest BCUT2D eigenvalue weighted by Gasteiger charge is -2.20. The molecule has 0 aromatic carbocycles. The second-order valence-electron chi connectivity index (χ2n) is 8.04. The monoisotopic (exact) mass is 326 g/mol. The molecule has 0 atom stereocenters. The summed E-state index contributed by atoms with van der Waals surface area (Å²) in [6.07, 6.45) is 0. The molecule has 0 aliphatic heterocycles. The van der Waals surface area contributed by atoms with Crippen molar-refractivity contribution in [1.82, 2.24) is 30.6 Å². The molecule has 0 saturated carbocycles. The average Bonchev–Trinajstić information content (AvgIpc) is 3.12. The molecule has 0 radical (unpaired) electrons. The van der Waals surface area contributed by atoms with Crippen molar-refractivity contribution in [2.45, 2.75) is 52.4 Å². The maximum Gasteiger partial charge on any atom is 0.165 e. The Bertz CT molecular complexity index is 993. The lowest BCUT2D eigenvalue weighted by atomic mass is 9.89. The van der Waals surface area contributed by atoms with Crippen molar-refractivity contribution in [2.24, 2.45) is 0 Å². The van der Waals surface area contributed by atoms with E-state index in [4.69, 9.17) is 19.2 Å². The summed E-state index contributed by atoms with van der Waals surface area (Å²) in [4.78, 5) is 9.57. The Kier molecular flexibility index (Phi) is 2.77. The van der Waals surface area contributed by atoms with Gasteiger partial charge in [-0.25, -0.2) is 19.2 Å². The standard InChI is InChI=1S/C16H18N6O2/c1-15(2,3)13-11-9(19-23-21-11)8-7(17-13)10-12(22-24-20-10)14(18-8)16(4,5)6/h1-6H3. The summed E-state index contributed by atoms with van der Waals surface area (Å²) in [5.41, 5.74) is 4.70. The first-order chi connectivity index (χ1) is 11.2. The van der Waals surface area contributed by atoms with Gasteiger partial charge in [-0.1, -0.05) is 41.5 Å². The van der Waals surface area contributed by atoms with Crippen LogP contribution < -0.4 is 0 Å². The summed E-state index contributed by atoms with van der Waals surface area (Å²) in [7, 11) is 0. The van der Waals surface area contributed by atoms with E-state index in [1.165, 1.54) is 0 Å². The van der Waals surface area contributed by atoms with Gasteiger partial charge in [0, 0.05) is 10.8 Å². The minimum atomic E-state index is -0.239. The van der Waals surface area contributed by atoms with Crippen molar-refractivity contribution in [3.63, 3.8) is 0 Å². The number of pyridine rings is 2. The van der Waals surface area contributed by atoms with Crippen LogP contribution in [-0.2, 0) is 10.8 Å². The highest BCUT2D eigenvalue weighted by Crippen LogP contribution is 2.35. The molecule has 0 fully saturated rings. The molecule has 0 amide bonds. The van der Waals surface area contributed by atoms with Crippen molar-refractivity contribution in [3.8, 4) is 0 Å². The van der Waals surface area contributed by atoms with E-state index >= 15 is 0 Å². The molecule has 124 valence electrons. The lowest BCUT2D eigenvalue weighted by molar-refractivity contribution is 0.315. The molecule has 0 spiro atoms. The predicted molar refractivity (Wildman–Crippen MR) is 87.7 cm³/mol. The molecule has 0 unspecified atom stereocenters. The molecule has 8 nitrogen and oxygen atoms in total. The van der Waals surface area contributed by atoms with Gasteiger partial charge in [-0.3, -0.25) is 0 Å². The van der Waals surface area contributed by atoms with Crippen LogP contribution in [0.3, 0.4) is 0 Å². The Morgan fingerprint density at radius 1 is 0.500 bits per heavy atom. The number of hydrogen-bond acceptors (Lipinski definition) is 8. The van der Waals surface area contributed by atoms with E-state index in [-0.39, 0.29) is 10.8 Å². The molecule has 4 rings (SSSR count). The summed E-state index contributed by atoms with van der Waals surface area (Å²) in [6, 6.07) is 0. The molecule has 24 heavy (non-hydrogen) atoms. The van der Waals surface area contributed by atoms with Gasteiger partial charge in [0.25, 0.3) is 0 Å². The first-order valence-electron chi connectivity index (χ1n) is 7.77. The summed E-state index contributed by atoms with van der Waals surface area (Å²) in [5, 5.41) is 16.2. The van der Waals surface area contributed by atoms with Crippen LogP contribution in [0.1, 0.15) is 52.9 Å². The van der Waals surface area contributed by atoms with Crippen LogP contribution in [0.25, 0.3) is 33.1 Å². The third-order valence-corrected chi connectivity index (χ3v) is 3.97. The zero-order valence-corrected chi connectivity index (χ0v) is 14.5. The smallest absolute Gasteiger partial charge is 0.165 e. The van der Waals surface area contributed by atoms with E-state index in [1.807, 2.05) is 0 Å². The van der Waals surface area contributed by atoms with E-state index in [0.717, 1.165) is 11.4 Å². The normalized spacial score (nSPS) is 13.4. The highest BCUT2D eigenvalue weighted by Gasteiger charge is 2.29. The summed E-state index contributed by atoms with van der Waals surface area (Å²) < 4.78 is 9.98. The van der Waals surface area contributed by atoms with Gasteiger partial charge in [-0.2, -0.15) is 0 Å². The number of fused-ring (bicyclic) bond motifs is 5. The Morgan fingerprint density at radius 2 is 0.833 bits per heavy atom. The van der Waals surface area contributed by atoms with Gasteiger partial charge >= 0.3 is 0 Å². The fourth-order valence-corrected chi connectivity index (χ4v) is 2.81. The van der Waals surface area contributed by atoms with Gasteiger partial charge in [0.1, 0.15) is 11.0 Å². The van der Waals surface area contributed by atoms with E-state index in [2.05, 4.69) is 62.2 Å². The SMILES string of the molecule is CC(C)(C)c1nc2c3nonc3c(C(C)(C)C)nc2c2nonc12. The second kappa shape index (κ2) is 4.46. The van der Waals surface area contributed by atoms with Gasteiger partial charge in [0.05, 0.1) is 11.4 Å². The topological polar surface area (TPSA) is 104 Å². The van der Waals surface area contributed by atoms with Gasteiger partial charge < -0.3 is 0 Å². The first kappa shape index (κ1) is 14.9. The van der Waals surface area contributed by atoms with Crippen LogP contribution in [0.2, 0.25) is 0 Å². The molecular formula is C16H18N6O2. The van der Waals surface area contributed by atoms with Gasteiger partial charge in [0.2, 0.25) is 0 Å². The zero-order valence-electron chi connectivity index (χ0n) is 14.5.